The Bertz CT molecular complexity index is 960. The number of rotatable bonds is 6. The van der Waals surface area contributed by atoms with Gasteiger partial charge in [0.15, 0.2) is 0 Å². The maximum absolute atomic E-state index is 13.8. The SMILES string of the molecule is CCCCCCc1ccc(-c2ccc(C#Cc3ccc(Cl)cc3F)cc2)cc1. The highest BCUT2D eigenvalue weighted by Crippen LogP contribution is 2.21. The van der Waals surface area contributed by atoms with Crippen molar-refractivity contribution < 1.29 is 4.39 Å². The zero-order valence-electron chi connectivity index (χ0n) is 16.1. The Labute approximate surface area is 172 Å². The Morgan fingerprint density at radius 2 is 1.46 bits per heavy atom. The summed E-state index contributed by atoms with van der Waals surface area (Å²) in [6.45, 7) is 2.24. The molecule has 0 spiro atoms. The van der Waals surface area contributed by atoms with Gasteiger partial charge in [-0.25, -0.2) is 4.39 Å². The van der Waals surface area contributed by atoms with Gasteiger partial charge in [-0.1, -0.05) is 86.0 Å². The van der Waals surface area contributed by atoms with E-state index < -0.39 is 5.82 Å². The quantitative estimate of drug-likeness (QED) is 0.299. The van der Waals surface area contributed by atoms with Crippen LogP contribution in [0.5, 0.6) is 0 Å². The smallest absolute Gasteiger partial charge is 0.140 e. The molecule has 3 aromatic rings. The van der Waals surface area contributed by atoms with E-state index in [1.165, 1.54) is 42.9 Å². The van der Waals surface area contributed by atoms with E-state index in [1.807, 2.05) is 12.1 Å². The molecule has 0 unspecified atom stereocenters. The lowest BCUT2D eigenvalue weighted by molar-refractivity contribution is 0.624. The second kappa shape index (κ2) is 10.1. The Hall–Kier alpha value is -2.56. The second-order valence-electron chi connectivity index (χ2n) is 6.96. The van der Waals surface area contributed by atoms with Crippen molar-refractivity contribution in [3.05, 3.63) is 94.3 Å². The van der Waals surface area contributed by atoms with Gasteiger partial charge in [0.05, 0.1) is 5.56 Å². The molecule has 0 amide bonds. The summed E-state index contributed by atoms with van der Waals surface area (Å²) in [7, 11) is 0. The molecular formula is C26H24ClF. The summed E-state index contributed by atoms with van der Waals surface area (Å²) in [5.74, 6) is 5.48. The average molecular weight is 391 g/mol. The van der Waals surface area contributed by atoms with E-state index in [2.05, 4.69) is 55.2 Å². The van der Waals surface area contributed by atoms with Crippen molar-refractivity contribution in [3.63, 3.8) is 0 Å². The number of aryl methyl sites for hydroxylation is 1. The third kappa shape index (κ3) is 5.72. The molecular weight excluding hydrogens is 367 g/mol. The van der Waals surface area contributed by atoms with Crippen LogP contribution in [0, 0.1) is 17.7 Å². The van der Waals surface area contributed by atoms with E-state index in [4.69, 9.17) is 11.6 Å². The lowest BCUT2D eigenvalue weighted by atomic mass is 10.0. The highest BCUT2D eigenvalue weighted by atomic mass is 35.5. The maximum Gasteiger partial charge on any atom is 0.140 e. The number of hydrogen-bond donors (Lipinski definition) is 0. The zero-order valence-corrected chi connectivity index (χ0v) is 16.9. The number of halogens is 2. The van der Waals surface area contributed by atoms with Gasteiger partial charge in [0.2, 0.25) is 0 Å². The van der Waals surface area contributed by atoms with Gasteiger partial charge in [0, 0.05) is 10.6 Å². The highest BCUT2D eigenvalue weighted by Gasteiger charge is 2.01. The summed E-state index contributed by atoms with van der Waals surface area (Å²) in [4.78, 5) is 0. The van der Waals surface area contributed by atoms with E-state index in [1.54, 1.807) is 12.1 Å². The van der Waals surface area contributed by atoms with Crippen LogP contribution in [0.1, 0.15) is 49.3 Å². The van der Waals surface area contributed by atoms with Crippen LogP contribution < -0.4 is 0 Å². The fraction of sp³-hybridized carbons (Fsp3) is 0.231. The molecule has 2 heteroatoms. The minimum absolute atomic E-state index is 0.350. The summed E-state index contributed by atoms with van der Waals surface area (Å²) in [6, 6.07) is 21.4. The third-order valence-electron chi connectivity index (χ3n) is 4.76. The van der Waals surface area contributed by atoms with Crippen LogP contribution in [0.15, 0.2) is 66.7 Å². The predicted molar refractivity (Wildman–Crippen MR) is 117 cm³/mol. The molecule has 28 heavy (non-hydrogen) atoms. The normalized spacial score (nSPS) is 10.4. The van der Waals surface area contributed by atoms with Crippen LogP contribution >= 0.6 is 11.6 Å². The van der Waals surface area contributed by atoms with Crippen molar-refractivity contribution in [3.8, 4) is 23.0 Å². The lowest BCUT2D eigenvalue weighted by Gasteiger charge is -2.05. The molecule has 0 saturated carbocycles. The summed E-state index contributed by atoms with van der Waals surface area (Å²) in [5.41, 5.74) is 4.95. The van der Waals surface area contributed by atoms with Gasteiger partial charge in [0.25, 0.3) is 0 Å². The summed E-state index contributed by atoms with van der Waals surface area (Å²) in [5, 5.41) is 0.374. The molecule has 0 bridgehead atoms. The number of unbranched alkanes of at least 4 members (excludes halogenated alkanes) is 3. The monoisotopic (exact) mass is 390 g/mol. The molecule has 0 N–H and O–H groups in total. The molecule has 142 valence electrons. The summed E-state index contributed by atoms with van der Waals surface area (Å²) in [6.07, 6.45) is 6.30. The van der Waals surface area contributed by atoms with Crippen LogP contribution in [-0.2, 0) is 6.42 Å². The van der Waals surface area contributed by atoms with Gasteiger partial charge in [-0.15, -0.1) is 0 Å². The molecule has 0 heterocycles. The fourth-order valence-electron chi connectivity index (χ4n) is 3.10. The minimum atomic E-state index is -0.397. The van der Waals surface area contributed by atoms with Crippen LogP contribution in [-0.4, -0.2) is 0 Å². The molecule has 0 saturated heterocycles. The Morgan fingerprint density at radius 3 is 2.11 bits per heavy atom. The van der Waals surface area contributed by atoms with Crippen LogP contribution in [0.4, 0.5) is 4.39 Å². The van der Waals surface area contributed by atoms with Crippen LogP contribution in [0.25, 0.3) is 11.1 Å². The van der Waals surface area contributed by atoms with Gasteiger partial charge in [0.1, 0.15) is 5.82 Å². The first kappa shape index (κ1) is 20.2. The van der Waals surface area contributed by atoms with E-state index in [0.29, 0.717) is 10.6 Å². The molecule has 0 radical (unpaired) electrons. The van der Waals surface area contributed by atoms with E-state index >= 15 is 0 Å². The first-order valence-corrected chi connectivity index (χ1v) is 10.2. The van der Waals surface area contributed by atoms with Crippen LogP contribution in [0.2, 0.25) is 5.02 Å². The second-order valence-corrected chi connectivity index (χ2v) is 7.40. The third-order valence-corrected chi connectivity index (χ3v) is 5.00. The van der Waals surface area contributed by atoms with E-state index in [0.717, 1.165) is 17.5 Å². The largest absolute Gasteiger partial charge is 0.206 e. The first-order chi connectivity index (χ1) is 13.7. The van der Waals surface area contributed by atoms with Crippen molar-refractivity contribution >= 4 is 11.6 Å². The average Bonchev–Trinajstić information content (AvgIpc) is 2.72. The Morgan fingerprint density at radius 1 is 0.786 bits per heavy atom. The molecule has 3 rings (SSSR count). The number of benzene rings is 3. The molecule has 3 aromatic carbocycles. The number of hydrogen-bond acceptors (Lipinski definition) is 0. The van der Waals surface area contributed by atoms with Gasteiger partial charge >= 0.3 is 0 Å². The maximum atomic E-state index is 13.8. The predicted octanol–water partition coefficient (Wildman–Crippen LogP) is 7.67. The standard InChI is InChI=1S/C26H24ClF/c1-2-3-4-5-6-20-7-12-22(13-8-20)23-14-9-21(10-15-23)11-16-24-17-18-25(27)19-26(24)28/h7-10,12-15,17-19H,2-6H2,1H3. The molecule has 0 aliphatic heterocycles. The van der Waals surface area contributed by atoms with Gasteiger partial charge < -0.3 is 0 Å². The summed E-state index contributed by atoms with van der Waals surface area (Å²) < 4.78 is 13.8. The molecule has 0 fully saturated rings. The van der Waals surface area contributed by atoms with E-state index in [9.17, 15) is 4.39 Å². The molecule has 0 nitrogen and oxygen atoms in total. The molecule has 0 aliphatic rings. The van der Waals surface area contributed by atoms with E-state index in [-0.39, 0.29) is 0 Å². The van der Waals surface area contributed by atoms with Crippen molar-refractivity contribution in [1.29, 1.82) is 0 Å². The van der Waals surface area contributed by atoms with Gasteiger partial charge in [-0.05, 0) is 59.9 Å². The zero-order chi connectivity index (χ0) is 19.8. The summed E-state index contributed by atoms with van der Waals surface area (Å²) >= 11 is 5.77. The molecule has 0 aliphatic carbocycles. The lowest BCUT2D eigenvalue weighted by Crippen LogP contribution is -1.87. The van der Waals surface area contributed by atoms with Crippen molar-refractivity contribution in [1.82, 2.24) is 0 Å². The molecule has 0 aromatic heterocycles. The van der Waals surface area contributed by atoms with Crippen molar-refractivity contribution in [2.24, 2.45) is 0 Å². The van der Waals surface area contributed by atoms with Crippen LogP contribution in [0.3, 0.4) is 0 Å². The van der Waals surface area contributed by atoms with Crippen molar-refractivity contribution in [2.45, 2.75) is 39.0 Å². The topological polar surface area (TPSA) is 0 Å². The Balaban J connectivity index is 1.65. The van der Waals surface area contributed by atoms with Crippen molar-refractivity contribution in [2.75, 3.05) is 0 Å². The highest BCUT2D eigenvalue weighted by molar-refractivity contribution is 6.30. The Kier molecular flexibility index (Phi) is 7.29. The fourth-order valence-corrected chi connectivity index (χ4v) is 3.25. The first-order valence-electron chi connectivity index (χ1n) is 9.82. The molecule has 0 atom stereocenters. The van der Waals surface area contributed by atoms with Gasteiger partial charge in [-0.3, -0.25) is 0 Å². The minimum Gasteiger partial charge on any atom is -0.206 e. The van der Waals surface area contributed by atoms with Gasteiger partial charge in [-0.2, -0.15) is 0 Å².